The minimum atomic E-state index is 0.151. The molecule has 0 radical (unpaired) electrons. The van der Waals surface area contributed by atoms with E-state index in [1.165, 1.54) is 12.8 Å². The van der Waals surface area contributed by atoms with Crippen molar-refractivity contribution in [2.75, 3.05) is 19.8 Å². The molecule has 0 atom stereocenters. The Hall–Kier alpha value is -0.120. The van der Waals surface area contributed by atoms with Crippen LogP contribution in [0.4, 0.5) is 0 Å². The Morgan fingerprint density at radius 1 is 1.33 bits per heavy atom. The summed E-state index contributed by atoms with van der Waals surface area (Å²) in [6.45, 7) is 2.82. The van der Waals surface area contributed by atoms with Crippen LogP contribution in [-0.2, 0) is 4.74 Å². The van der Waals surface area contributed by atoms with Gasteiger partial charge in [-0.25, -0.2) is 0 Å². The zero-order valence-corrected chi connectivity index (χ0v) is 7.51. The van der Waals surface area contributed by atoms with Gasteiger partial charge in [0.05, 0.1) is 0 Å². The number of hydrogen-bond acceptors (Lipinski definition) is 3. The van der Waals surface area contributed by atoms with E-state index < -0.39 is 0 Å². The summed E-state index contributed by atoms with van der Waals surface area (Å²) in [6.07, 6.45) is 4.69. The normalized spacial score (nSPS) is 28.8. The SMILES string of the molecule is NC1(CNC2CCOCC2)CC1. The summed E-state index contributed by atoms with van der Waals surface area (Å²) in [5, 5.41) is 3.52. The first-order chi connectivity index (χ1) is 5.79. The van der Waals surface area contributed by atoms with Crippen molar-refractivity contribution in [3.63, 3.8) is 0 Å². The Bertz CT molecular complexity index is 151. The van der Waals surface area contributed by atoms with Crippen LogP contribution in [0.25, 0.3) is 0 Å². The van der Waals surface area contributed by atoms with Gasteiger partial charge < -0.3 is 15.8 Å². The van der Waals surface area contributed by atoms with Crippen LogP contribution in [0.3, 0.4) is 0 Å². The highest BCUT2D eigenvalue weighted by Gasteiger charge is 2.38. The summed E-state index contributed by atoms with van der Waals surface area (Å²) >= 11 is 0. The average Bonchev–Trinajstić information content (AvgIpc) is 2.84. The van der Waals surface area contributed by atoms with Crippen LogP contribution >= 0.6 is 0 Å². The summed E-state index contributed by atoms with van der Waals surface area (Å²) in [6, 6.07) is 0.653. The monoisotopic (exact) mass is 170 g/mol. The minimum Gasteiger partial charge on any atom is -0.381 e. The van der Waals surface area contributed by atoms with Gasteiger partial charge in [0.2, 0.25) is 0 Å². The fourth-order valence-corrected chi connectivity index (χ4v) is 1.59. The lowest BCUT2D eigenvalue weighted by Crippen LogP contribution is -2.43. The number of rotatable bonds is 3. The minimum absolute atomic E-state index is 0.151. The molecule has 1 aliphatic carbocycles. The van der Waals surface area contributed by atoms with E-state index >= 15 is 0 Å². The smallest absolute Gasteiger partial charge is 0.0480 e. The highest BCUT2D eigenvalue weighted by atomic mass is 16.5. The third kappa shape index (κ3) is 2.19. The van der Waals surface area contributed by atoms with E-state index in [4.69, 9.17) is 10.5 Å². The van der Waals surface area contributed by atoms with E-state index in [1.807, 2.05) is 0 Å². The number of nitrogens with one attached hydrogen (secondary N) is 1. The predicted molar refractivity (Wildman–Crippen MR) is 48.0 cm³/mol. The molecular formula is C9H18N2O. The van der Waals surface area contributed by atoms with Gasteiger partial charge in [-0.05, 0) is 25.7 Å². The number of nitrogens with two attached hydrogens (primary N) is 1. The van der Waals surface area contributed by atoms with Gasteiger partial charge in [0.15, 0.2) is 0 Å². The van der Waals surface area contributed by atoms with Gasteiger partial charge in [-0.15, -0.1) is 0 Å². The molecule has 12 heavy (non-hydrogen) atoms. The van der Waals surface area contributed by atoms with E-state index in [9.17, 15) is 0 Å². The third-order valence-corrected chi connectivity index (χ3v) is 2.86. The van der Waals surface area contributed by atoms with Gasteiger partial charge in [-0.1, -0.05) is 0 Å². The fraction of sp³-hybridized carbons (Fsp3) is 1.00. The van der Waals surface area contributed by atoms with E-state index in [-0.39, 0.29) is 5.54 Å². The Morgan fingerprint density at radius 3 is 2.58 bits per heavy atom. The summed E-state index contributed by atoms with van der Waals surface area (Å²) in [5.74, 6) is 0. The Kier molecular flexibility index (Phi) is 2.35. The first-order valence-corrected chi connectivity index (χ1v) is 4.89. The molecule has 1 aliphatic heterocycles. The van der Waals surface area contributed by atoms with E-state index in [2.05, 4.69) is 5.32 Å². The number of ether oxygens (including phenoxy) is 1. The molecule has 2 aliphatic rings. The van der Waals surface area contributed by atoms with Crippen molar-refractivity contribution in [3.8, 4) is 0 Å². The second kappa shape index (κ2) is 3.32. The van der Waals surface area contributed by atoms with Crippen LogP contribution in [0, 0.1) is 0 Å². The summed E-state index contributed by atoms with van der Waals surface area (Å²) in [5.41, 5.74) is 6.12. The highest BCUT2D eigenvalue weighted by Crippen LogP contribution is 2.31. The van der Waals surface area contributed by atoms with Crippen molar-refractivity contribution in [3.05, 3.63) is 0 Å². The van der Waals surface area contributed by atoms with Crippen LogP contribution in [-0.4, -0.2) is 31.3 Å². The van der Waals surface area contributed by atoms with Crippen LogP contribution in [0.1, 0.15) is 25.7 Å². The molecule has 2 fully saturated rings. The highest BCUT2D eigenvalue weighted by molar-refractivity contribution is 5.01. The molecule has 1 saturated heterocycles. The molecule has 0 aromatic carbocycles. The van der Waals surface area contributed by atoms with Gasteiger partial charge in [-0.2, -0.15) is 0 Å². The lowest BCUT2D eigenvalue weighted by atomic mass is 10.1. The third-order valence-electron chi connectivity index (χ3n) is 2.86. The predicted octanol–water partition coefficient (Wildman–Crippen LogP) is 0.246. The molecule has 3 heteroatoms. The largest absolute Gasteiger partial charge is 0.381 e. The van der Waals surface area contributed by atoms with Crippen molar-refractivity contribution >= 4 is 0 Å². The Labute approximate surface area is 73.7 Å². The lowest BCUT2D eigenvalue weighted by Gasteiger charge is -2.24. The van der Waals surface area contributed by atoms with E-state index in [0.717, 1.165) is 32.6 Å². The summed E-state index contributed by atoms with van der Waals surface area (Å²) in [7, 11) is 0. The zero-order valence-electron chi connectivity index (χ0n) is 7.51. The molecule has 2 rings (SSSR count). The maximum Gasteiger partial charge on any atom is 0.0480 e. The maximum absolute atomic E-state index is 5.97. The van der Waals surface area contributed by atoms with Crippen molar-refractivity contribution in [2.24, 2.45) is 5.73 Å². The van der Waals surface area contributed by atoms with Crippen LogP contribution in [0.5, 0.6) is 0 Å². The van der Waals surface area contributed by atoms with Crippen molar-refractivity contribution < 1.29 is 4.74 Å². The first-order valence-electron chi connectivity index (χ1n) is 4.89. The van der Waals surface area contributed by atoms with Crippen LogP contribution in [0.2, 0.25) is 0 Å². The fourth-order valence-electron chi connectivity index (χ4n) is 1.59. The van der Waals surface area contributed by atoms with Crippen LogP contribution < -0.4 is 11.1 Å². The molecule has 3 N–H and O–H groups in total. The quantitative estimate of drug-likeness (QED) is 0.638. The second-order valence-electron chi connectivity index (χ2n) is 4.13. The van der Waals surface area contributed by atoms with Gasteiger partial charge in [0.25, 0.3) is 0 Å². The standard InChI is InChI=1S/C9H18N2O/c10-9(3-4-9)7-11-8-1-5-12-6-2-8/h8,11H,1-7,10H2. The lowest BCUT2D eigenvalue weighted by molar-refractivity contribution is 0.0775. The summed E-state index contributed by atoms with van der Waals surface area (Å²) in [4.78, 5) is 0. The molecule has 0 aromatic heterocycles. The first kappa shape index (κ1) is 8.48. The molecule has 3 nitrogen and oxygen atoms in total. The number of hydrogen-bond donors (Lipinski definition) is 2. The van der Waals surface area contributed by atoms with E-state index in [0.29, 0.717) is 6.04 Å². The van der Waals surface area contributed by atoms with E-state index in [1.54, 1.807) is 0 Å². The molecule has 0 spiro atoms. The summed E-state index contributed by atoms with van der Waals surface area (Å²) < 4.78 is 5.28. The molecule has 0 bridgehead atoms. The molecule has 0 aromatic rings. The molecule has 0 amide bonds. The van der Waals surface area contributed by atoms with Crippen LogP contribution in [0.15, 0.2) is 0 Å². The van der Waals surface area contributed by atoms with Gasteiger partial charge >= 0.3 is 0 Å². The Balaban J connectivity index is 1.65. The van der Waals surface area contributed by atoms with Crippen molar-refractivity contribution in [1.82, 2.24) is 5.32 Å². The van der Waals surface area contributed by atoms with Gasteiger partial charge in [-0.3, -0.25) is 0 Å². The molecule has 1 heterocycles. The van der Waals surface area contributed by atoms with Gasteiger partial charge in [0, 0.05) is 31.3 Å². The molecule has 0 unspecified atom stereocenters. The van der Waals surface area contributed by atoms with Gasteiger partial charge in [0.1, 0.15) is 0 Å². The molecule has 1 saturated carbocycles. The van der Waals surface area contributed by atoms with Crippen molar-refractivity contribution in [1.29, 1.82) is 0 Å². The second-order valence-corrected chi connectivity index (χ2v) is 4.13. The zero-order chi connectivity index (χ0) is 8.44. The average molecular weight is 170 g/mol. The Morgan fingerprint density at radius 2 is 2.00 bits per heavy atom. The molecular weight excluding hydrogens is 152 g/mol. The topological polar surface area (TPSA) is 47.3 Å². The van der Waals surface area contributed by atoms with Crippen molar-refractivity contribution in [2.45, 2.75) is 37.3 Å². The molecule has 70 valence electrons. The maximum atomic E-state index is 5.97.